The number of hydrogen-bond acceptors (Lipinski definition) is 4. The Balaban J connectivity index is 0.00000177. The van der Waals surface area contributed by atoms with E-state index in [1.807, 2.05) is 120 Å². The van der Waals surface area contributed by atoms with Gasteiger partial charge in [-0.05, 0) is 72.9 Å². The van der Waals surface area contributed by atoms with E-state index in [1.54, 1.807) is 24.0 Å². The predicted molar refractivity (Wildman–Crippen MR) is 189 cm³/mol. The predicted octanol–water partition coefficient (Wildman–Crippen LogP) is 9.58. The van der Waals surface area contributed by atoms with Gasteiger partial charge in [-0.2, -0.15) is 0 Å². The van der Waals surface area contributed by atoms with Gasteiger partial charge < -0.3 is 24.8 Å². The fraction of sp³-hybridized carbons (Fsp3) is 0.333. The van der Waals surface area contributed by atoms with Gasteiger partial charge in [0.05, 0.1) is 6.61 Å². The molecule has 2 amide bonds. The van der Waals surface area contributed by atoms with Crippen molar-refractivity contribution in [1.82, 2.24) is 4.90 Å². The summed E-state index contributed by atoms with van der Waals surface area (Å²) in [5, 5.41) is 12.8. The number of nitrogens with one attached hydrogen (secondary N) is 1. The Kier molecular flexibility index (Phi) is 16.5. The number of ether oxygens (including phenoxy) is 2. The number of anilines is 1. The largest absolute Gasteiger partial charge is 0.494 e. The summed E-state index contributed by atoms with van der Waals surface area (Å²) in [6.45, 7) is 13.3. The molecule has 0 aliphatic carbocycles. The molecular weight excluding hydrogens is 576 g/mol. The molecule has 7 nitrogen and oxygen atoms in total. The Morgan fingerprint density at radius 1 is 0.739 bits per heavy atom. The third-order valence-electron chi connectivity index (χ3n) is 6.87. The molecule has 0 heterocycles. The molecule has 0 spiro atoms. The first-order chi connectivity index (χ1) is 22.4. The van der Waals surface area contributed by atoms with Crippen molar-refractivity contribution in [3.8, 4) is 22.6 Å². The van der Waals surface area contributed by atoms with Crippen LogP contribution in [-0.2, 0) is 11.2 Å². The first-order valence-electron chi connectivity index (χ1n) is 16.3. The lowest BCUT2D eigenvalue weighted by Crippen LogP contribution is -2.43. The van der Waals surface area contributed by atoms with Gasteiger partial charge in [-0.3, -0.25) is 0 Å². The molecule has 4 rings (SSSR count). The summed E-state index contributed by atoms with van der Waals surface area (Å²) in [6.07, 6.45) is 1.73. The highest BCUT2D eigenvalue weighted by molar-refractivity contribution is 5.89. The number of benzene rings is 4. The Bertz CT molecular complexity index is 1410. The van der Waals surface area contributed by atoms with Gasteiger partial charge in [-0.25, -0.2) is 9.59 Å². The Morgan fingerprint density at radius 3 is 1.87 bits per heavy atom. The number of urea groups is 1. The van der Waals surface area contributed by atoms with Crippen LogP contribution in [0, 0.1) is 0 Å². The summed E-state index contributed by atoms with van der Waals surface area (Å²) in [5.41, 5.74) is 2.40. The van der Waals surface area contributed by atoms with Crippen molar-refractivity contribution >= 4 is 17.7 Å². The lowest BCUT2D eigenvalue weighted by molar-refractivity contribution is -0.153. The van der Waals surface area contributed by atoms with Crippen molar-refractivity contribution in [3.05, 3.63) is 115 Å². The third kappa shape index (κ3) is 12.0. The van der Waals surface area contributed by atoms with Crippen molar-refractivity contribution < 1.29 is 24.2 Å². The molecule has 0 radical (unpaired) electrons. The topological polar surface area (TPSA) is 88.1 Å². The minimum atomic E-state index is -1.41. The molecule has 1 atom stereocenters. The fourth-order valence-corrected chi connectivity index (χ4v) is 4.61. The van der Waals surface area contributed by atoms with Crippen LogP contribution in [0.5, 0.6) is 11.5 Å². The maximum Gasteiger partial charge on any atom is 0.348 e. The zero-order chi connectivity index (χ0) is 33.8. The highest BCUT2D eigenvalue weighted by atomic mass is 16.5. The number of para-hydroxylation sites is 1. The molecule has 0 fully saturated rings. The summed E-state index contributed by atoms with van der Waals surface area (Å²) in [4.78, 5) is 26.8. The summed E-state index contributed by atoms with van der Waals surface area (Å²) in [6, 6.07) is 34.2. The maximum absolute atomic E-state index is 13.0. The molecule has 0 aliphatic rings. The first-order valence-corrected chi connectivity index (χ1v) is 16.3. The molecule has 46 heavy (non-hydrogen) atoms. The zero-order valence-corrected chi connectivity index (χ0v) is 28.2. The molecule has 0 bridgehead atoms. The van der Waals surface area contributed by atoms with Crippen LogP contribution in [-0.4, -0.2) is 47.3 Å². The SMILES string of the molecule is CC.CC.CCCN(CCCOc1ccc(CC(C)(Oc2ccccc2)C(=O)O)cc1)C(=O)Nc1ccc(-c2ccccc2)cc1. The summed E-state index contributed by atoms with van der Waals surface area (Å²) in [5.74, 6) is 0.162. The van der Waals surface area contributed by atoms with Crippen molar-refractivity contribution in [2.45, 2.75) is 66.4 Å². The van der Waals surface area contributed by atoms with Crippen LogP contribution in [0.3, 0.4) is 0 Å². The third-order valence-corrected chi connectivity index (χ3v) is 6.87. The van der Waals surface area contributed by atoms with E-state index in [9.17, 15) is 14.7 Å². The minimum absolute atomic E-state index is 0.132. The van der Waals surface area contributed by atoms with E-state index in [1.165, 1.54) is 0 Å². The second-order valence-electron chi connectivity index (χ2n) is 10.3. The van der Waals surface area contributed by atoms with Gasteiger partial charge in [-0.1, -0.05) is 107 Å². The maximum atomic E-state index is 13.0. The second kappa shape index (κ2) is 20.3. The molecule has 1 unspecified atom stereocenters. The average Bonchev–Trinajstić information content (AvgIpc) is 3.09. The lowest BCUT2D eigenvalue weighted by atomic mass is 9.96. The Labute approximate surface area is 275 Å². The van der Waals surface area contributed by atoms with Gasteiger partial charge in [0.1, 0.15) is 11.5 Å². The van der Waals surface area contributed by atoms with Crippen LogP contribution < -0.4 is 14.8 Å². The van der Waals surface area contributed by atoms with E-state index in [4.69, 9.17) is 9.47 Å². The van der Waals surface area contributed by atoms with Gasteiger partial charge in [0, 0.05) is 25.2 Å². The summed E-state index contributed by atoms with van der Waals surface area (Å²) < 4.78 is 11.7. The molecule has 0 aromatic heterocycles. The van der Waals surface area contributed by atoms with E-state index in [0.717, 1.165) is 28.8 Å². The molecular formula is C39H50N2O5. The molecule has 2 N–H and O–H groups in total. The van der Waals surface area contributed by atoms with E-state index in [-0.39, 0.29) is 12.5 Å². The summed E-state index contributed by atoms with van der Waals surface area (Å²) >= 11 is 0. The van der Waals surface area contributed by atoms with Crippen molar-refractivity contribution in [2.75, 3.05) is 25.0 Å². The molecule has 0 saturated carbocycles. The Hall–Kier alpha value is -4.78. The number of rotatable bonds is 14. The van der Waals surface area contributed by atoms with E-state index in [2.05, 4.69) is 17.4 Å². The molecule has 0 saturated heterocycles. The molecule has 4 aromatic carbocycles. The zero-order valence-electron chi connectivity index (χ0n) is 28.2. The number of amides is 2. The first kappa shape index (κ1) is 37.4. The van der Waals surface area contributed by atoms with Crippen molar-refractivity contribution in [2.24, 2.45) is 0 Å². The standard InChI is InChI=1S/C35H38N2O5.2C2H6/c1-3-23-37(34(40)36-30-19-17-29(18-20-30)28-11-6-4-7-12-28)24-10-25-41-31-21-15-27(16-22-31)26-35(2,33(38)39)42-32-13-8-5-9-14-32;2*1-2/h4-9,11-22H,3,10,23-26H2,1-2H3,(H,36,40)(H,38,39);2*1-2H3. The van der Waals surface area contributed by atoms with Gasteiger partial charge in [0.2, 0.25) is 5.60 Å². The number of carboxylic acids is 1. The summed E-state index contributed by atoms with van der Waals surface area (Å²) in [7, 11) is 0. The normalized spacial score (nSPS) is 11.3. The molecule has 4 aromatic rings. The highest BCUT2D eigenvalue weighted by Crippen LogP contribution is 2.24. The van der Waals surface area contributed by atoms with Crippen LogP contribution >= 0.6 is 0 Å². The second-order valence-corrected chi connectivity index (χ2v) is 10.3. The van der Waals surface area contributed by atoms with Crippen LogP contribution in [0.25, 0.3) is 11.1 Å². The van der Waals surface area contributed by atoms with Crippen LogP contribution in [0.15, 0.2) is 109 Å². The minimum Gasteiger partial charge on any atom is -0.494 e. The number of carboxylic acid groups (broad SMARTS) is 1. The molecule has 7 heteroatoms. The van der Waals surface area contributed by atoms with E-state index >= 15 is 0 Å². The van der Waals surface area contributed by atoms with Crippen LogP contribution in [0.4, 0.5) is 10.5 Å². The van der Waals surface area contributed by atoms with Gasteiger partial charge in [-0.15, -0.1) is 0 Å². The highest BCUT2D eigenvalue weighted by Gasteiger charge is 2.36. The average molecular weight is 627 g/mol. The van der Waals surface area contributed by atoms with Crippen molar-refractivity contribution in [1.29, 1.82) is 0 Å². The lowest BCUT2D eigenvalue weighted by Gasteiger charge is -2.26. The Morgan fingerprint density at radius 2 is 1.30 bits per heavy atom. The van der Waals surface area contributed by atoms with Crippen LogP contribution in [0.1, 0.15) is 59.9 Å². The smallest absolute Gasteiger partial charge is 0.348 e. The molecule has 0 aliphatic heterocycles. The van der Waals surface area contributed by atoms with E-state index < -0.39 is 11.6 Å². The van der Waals surface area contributed by atoms with Gasteiger partial charge in [0.15, 0.2) is 0 Å². The number of nitrogens with zero attached hydrogens (tertiary/aromatic N) is 1. The van der Waals surface area contributed by atoms with Gasteiger partial charge in [0.25, 0.3) is 0 Å². The van der Waals surface area contributed by atoms with Crippen LogP contribution in [0.2, 0.25) is 0 Å². The van der Waals surface area contributed by atoms with Gasteiger partial charge >= 0.3 is 12.0 Å². The molecule has 246 valence electrons. The number of carbonyl (C=O) groups is 2. The van der Waals surface area contributed by atoms with Crippen molar-refractivity contribution in [3.63, 3.8) is 0 Å². The number of aliphatic carboxylic acids is 1. The number of hydrogen-bond donors (Lipinski definition) is 2. The number of carbonyl (C=O) groups excluding carboxylic acids is 1. The fourth-order valence-electron chi connectivity index (χ4n) is 4.61. The quantitative estimate of drug-likeness (QED) is 0.136. The monoisotopic (exact) mass is 626 g/mol. The van der Waals surface area contributed by atoms with E-state index in [0.29, 0.717) is 37.6 Å².